The molecule has 0 saturated carbocycles. The van der Waals surface area contributed by atoms with Crippen LogP contribution < -0.4 is 0 Å². The Morgan fingerprint density at radius 1 is 1.22 bits per heavy atom. The average Bonchev–Trinajstić information content (AvgIpc) is 3.18. The number of halogens is 1. The monoisotopic (exact) mass is 382 g/mol. The maximum Gasteiger partial charge on any atom is 0.275 e. The first-order valence-corrected chi connectivity index (χ1v) is 9.36. The number of benzene rings is 1. The highest BCUT2D eigenvalue weighted by Crippen LogP contribution is 2.32. The van der Waals surface area contributed by atoms with E-state index in [-0.39, 0.29) is 11.9 Å². The van der Waals surface area contributed by atoms with Gasteiger partial charge in [-0.1, -0.05) is 23.7 Å². The number of nitrogens with zero attached hydrogens (tertiary/aromatic N) is 4. The van der Waals surface area contributed by atoms with Gasteiger partial charge in [-0.05, 0) is 49.1 Å². The molecule has 6 nitrogen and oxygen atoms in total. The van der Waals surface area contributed by atoms with Crippen molar-refractivity contribution in [2.24, 2.45) is 0 Å². The smallest absolute Gasteiger partial charge is 0.275 e. The number of hydrogen-bond acceptors (Lipinski definition) is 5. The first-order valence-electron chi connectivity index (χ1n) is 8.98. The zero-order valence-corrected chi connectivity index (χ0v) is 15.5. The summed E-state index contributed by atoms with van der Waals surface area (Å²) in [4.78, 5) is 19.1. The summed E-state index contributed by atoms with van der Waals surface area (Å²) in [7, 11) is 0. The van der Waals surface area contributed by atoms with Crippen LogP contribution in [0.15, 0.2) is 53.2 Å². The fraction of sp³-hybridized carbons (Fsp3) is 0.300. The standard InChI is InChI=1S/C20H19ClN4O2/c21-15-8-6-14(7-9-15)12-16-13-22-19(27-16)18-5-1-2-11-25(18)20(26)17-4-3-10-23-24-17/h3-4,6-10,13,18H,1-2,5,11-12H2/t18-/m0/s1. The van der Waals surface area contributed by atoms with Gasteiger partial charge in [0.2, 0.25) is 5.89 Å². The summed E-state index contributed by atoms with van der Waals surface area (Å²) < 4.78 is 6.00. The third-order valence-corrected chi connectivity index (χ3v) is 4.96. The minimum Gasteiger partial charge on any atom is -0.443 e. The molecule has 0 aliphatic carbocycles. The average molecular weight is 383 g/mol. The lowest BCUT2D eigenvalue weighted by molar-refractivity contribution is 0.0562. The van der Waals surface area contributed by atoms with E-state index in [2.05, 4.69) is 15.2 Å². The molecule has 1 fully saturated rings. The van der Waals surface area contributed by atoms with Crippen molar-refractivity contribution in [2.75, 3.05) is 6.54 Å². The Hall–Kier alpha value is -2.73. The number of piperidine rings is 1. The van der Waals surface area contributed by atoms with Gasteiger partial charge in [-0.3, -0.25) is 4.79 Å². The molecule has 1 amide bonds. The second kappa shape index (κ2) is 7.88. The molecule has 0 radical (unpaired) electrons. The summed E-state index contributed by atoms with van der Waals surface area (Å²) in [5.74, 6) is 1.21. The third-order valence-electron chi connectivity index (χ3n) is 4.70. The molecule has 0 spiro atoms. The number of aromatic nitrogens is 3. The molecule has 2 aromatic heterocycles. The molecule has 7 heteroatoms. The summed E-state index contributed by atoms with van der Waals surface area (Å²) in [5, 5.41) is 8.46. The van der Waals surface area contributed by atoms with Gasteiger partial charge >= 0.3 is 0 Å². The van der Waals surface area contributed by atoms with Crippen LogP contribution in [0.5, 0.6) is 0 Å². The number of oxazole rings is 1. The molecule has 1 aliphatic heterocycles. The molecule has 4 rings (SSSR count). The van der Waals surface area contributed by atoms with Gasteiger partial charge in [0.05, 0.1) is 6.20 Å². The van der Waals surface area contributed by atoms with E-state index in [1.807, 2.05) is 24.3 Å². The lowest BCUT2D eigenvalue weighted by Gasteiger charge is -2.33. The van der Waals surface area contributed by atoms with Gasteiger partial charge in [-0.2, -0.15) is 5.10 Å². The van der Waals surface area contributed by atoms with Gasteiger partial charge < -0.3 is 9.32 Å². The van der Waals surface area contributed by atoms with Crippen molar-refractivity contribution in [3.8, 4) is 0 Å². The SMILES string of the molecule is O=C(c1cccnn1)N1CCCC[C@H]1c1ncc(Cc2ccc(Cl)cc2)o1. The van der Waals surface area contributed by atoms with E-state index in [0.29, 0.717) is 29.6 Å². The predicted octanol–water partition coefficient (Wildman–Crippen LogP) is 4.08. The Labute approximate surface area is 162 Å². The highest BCUT2D eigenvalue weighted by Gasteiger charge is 2.32. The van der Waals surface area contributed by atoms with Crippen LogP contribution in [0, 0.1) is 0 Å². The number of carbonyl (C=O) groups is 1. The van der Waals surface area contributed by atoms with Crippen LogP contribution in [0.2, 0.25) is 5.02 Å². The maximum atomic E-state index is 12.9. The maximum absolute atomic E-state index is 12.9. The molecule has 0 unspecified atom stereocenters. The molecule has 0 bridgehead atoms. The van der Waals surface area contributed by atoms with E-state index in [0.717, 1.165) is 30.6 Å². The second-order valence-corrected chi connectivity index (χ2v) is 7.02. The van der Waals surface area contributed by atoms with Crippen molar-refractivity contribution in [3.05, 3.63) is 76.7 Å². The molecule has 1 saturated heterocycles. The molecule has 3 aromatic rings. The Morgan fingerprint density at radius 3 is 2.85 bits per heavy atom. The Bertz CT molecular complexity index is 911. The largest absolute Gasteiger partial charge is 0.443 e. The van der Waals surface area contributed by atoms with Gasteiger partial charge in [-0.25, -0.2) is 4.98 Å². The van der Waals surface area contributed by atoms with Crippen molar-refractivity contribution in [1.82, 2.24) is 20.1 Å². The predicted molar refractivity (Wildman–Crippen MR) is 100 cm³/mol. The van der Waals surface area contributed by atoms with Crippen LogP contribution >= 0.6 is 11.6 Å². The molecule has 0 N–H and O–H groups in total. The molecular formula is C20H19ClN4O2. The molecule has 27 heavy (non-hydrogen) atoms. The van der Waals surface area contributed by atoms with E-state index in [1.165, 1.54) is 0 Å². The van der Waals surface area contributed by atoms with Crippen molar-refractivity contribution in [3.63, 3.8) is 0 Å². The van der Waals surface area contributed by atoms with Crippen LogP contribution in [-0.4, -0.2) is 32.5 Å². The van der Waals surface area contributed by atoms with Crippen molar-refractivity contribution >= 4 is 17.5 Å². The zero-order valence-electron chi connectivity index (χ0n) is 14.7. The Balaban J connectivity index is 1.53. The van der Waals surface area contributed by atoms with Gasteiger partial charge in [0.15, 0.2) is 5.69 Å². The molecule has 3 heterocycles. The number of likely N-dealkylation sites (tertiary alicyclic amines) is 1. The fourth-order valence-electron chi connectivity index (χ4n) is 3.36. The summed E-state index contributed by atoms with van der Waals surface area (Å²) in [6.45, 7) is 0.662. The summed E-state index contributed by atoms with van der Waals surface area (Å²) in [6, 6.07) is 10.9. The van der Waals surface area contributed by atoms with Crippen LogP contribution in [0.4, 0.5) is 0 Å². The molecule has 138 valence electrons. The number of carbonyl (C=O) groups excluding carboxylic acids is 1. The fourth-order valence-corrected chi connectivity index (χ4v) is 3.48. The van der Waals surface area contributed by atoms with Crippen LogP contribution in [0.1, 0.15) is 53.0 Å². The van der Waals surface area contributed by atoms with Crippen LogP contribution in [0.25, 0.3) is 0 Å². The summed E-state index contributed by atoms with van der Waals surface area (Å²) >= 11 is 5.93. The van der Waals surface area contributed by atoms with E-state index in [1.54, 1.807) is 29.4 Å². The molecule has 1 atom stereocenters. The van der Waals surface area contributed by atoms with Crippen molar-refractivity contribution < 1.29 is 9.21 Å². The first-order chi connectivity index (χ1) is 13.2. The van der Waals surface area contributed by atoms with Gasteiger partial charge in [0.25, 0.3) is 5.91 Å². The number of hydrogen-bond donors (Lipinski definition) is 0. The minimum absolute atomic E-state index is 0.134. The van der Waals surface area contributed by atoms with Gasteiger partial charge in [-0.15, -0.1) is 5.10 Å². The number of rotatable bonds is 4. The van der Waals surface area contributed by atoms with E-state index in [9.17, 15) is 4.79 Å². The van der Waals surface area contributed by atoms with Crippen LogP contribution in [-0.2, 0) is 6.42 Å². The second-order valence-electron chi connectivity index (χ2n) is 6.59. The Morgan fingerprint density at radius 2 is 2.07 bits per heavy atom. The number of amides is 1. The molecular weight excluding hydrogens is 364 g/mol. The quantitative estimate of drug-likeness (QED) is 0.679. The first kappa shape index (κ1) is 17.7. The van der Waals surface area contributed by atoms with E-state index < -0.39 is 0 Å². The molecule has 1 aromatic carbocycles. The van der Waals surface area contributed by atoms with E-state index in [4.69, 9.17) is 16.0 Å². The van der Waals surface area contributed by atoms with Crippen molar-refractivity contribution in [1.29, 1.82) is 0 Å². The molecule has 1 aliphatic rings. The lowest BCUT2D eigenvalue weighted by atomic mass is 10.0. The highest BCUT2D eigenvalue weighted by atomic mass is 35.5. The van der Waals surface area contributed by atoms with Crippen LogP contribution in [0.3, 0.4) is 0 Å². The third kappa shape index (κ3) is 4.01. The van der Waals surface area contributed by atoms with Crippen molar-refractivity contribution in [2.45, 2.75) is 31.7 Å². The highest BCUT2D eigenvalue weighted by molar-refractivity contribution is 6.30. The topological polar surface area (TPSA) is 72.1 Å². The lowest BCUT2D eigenvalue weighted by Crippen LogP contribution is -2.39. The summed E-state index contributed by atoms with van der Waals surface area (Å²) in [6.07, 6.45) is 6.75. The normalized spacial score (nSPS) is 17.1. The van der Waals surface area contributed by atoms with E-state index >= 15 is 0 Å². The van der Waals surface area contributed by atoms with Gasteiger partial charge in [0, 0.05) is 24.2 Å². The van der Waals surface area contributed by atoms with Gasteiger partial charge in [0.1, 0.15) is 11.8 Å². The minimum atomic E-state index is -0.174. The summed E-state index contributed by atoms with van der Waals surface area (Å²) in [5.41, 5.74) is 1.44. The Kier molecular flexibility index (Phi) is 5.16. The zero-order chi connectivity index (χ0) is 18.6.